The number of phenols is 1. The molecule has 1 heterocycles. The van der Waals surface area contributed by atoms with Gasteiger partial charge in [-0.05, 0) is 29.3 Å². The van der Waals surface area contributed by atoms with Crippen LogP contribution in [0.2, 0.25) is 0 Å². The number of rotatable bonds is 6. The average Bonchev–Trinajstić information content (AvgIpc) is 3.06. The number of hydrogen-bond donors (Lipinski definition) is 2. The average molecular weight is 357 g/mol. The van der Waals surface area contributed by atoms with Crippen LogP contribution in [0.3, 0.4) is 0 Å². The molecular formula is C20H23NO5. The highest BCUT2D eigenvalue weighted by Crippen LogP contribution is 2.38. The van der Waals surface area contributed by atoms with Crippen LogP contribution in [0.5, 0.6) is 17.2 Å². The van der Waals surface area contributed by atoms with Gasteiger partial charge in [0.05, 0.1) is 20.1 Å². The standard InChI is InChI=1S/C20H23NO5/c1-25-18-6-4-3-5-14(18)15-11-21(12-16(15)20(23)24)10-13-7-8-19(26-2)17(22)9-13/h3-9,15-16,22H,10-12H2,1-2H3,(H,23,24)/t15-,16+/m1/s1. The van der Waals surface area contributed by atoms with Crippen molar-refractivity contribution in [3.8, 4) is 17.2 Å². The molecule has 1 saturated heterocycles. The summed E-state index contributed by atoms with van der Waals surface area (Å²) < 4.78 is 10.5. The Morgan fingerprint density at radius 1 is 1.12 bits per heavy atom. The monoisotopic (exact) mass is 357 g/mol. The third-order valence-corrected chi connectivity index (χ3v) is 4.90. The number of para-hydroxylation sites is 1. The maximum Gasteiger partial charge on any atom is 0.308 e. The summed E-state index contributed by atoms with van der Waals surface area (Å²) in [5.74, 6) is -0.229. The lowest BCUT2D eigenvalue weighted by Gasteiger charge is -2.18. The molecule has 0 aromatic heterocycles. The number of benzene rings is 2. The summed E-state index contributed by atoms with van der Waals surface area (Å²) in [5, 5.41) is 19.6. The molecule has 138 valence electrons. The quantitative estimate of drug-likeness (QED) is 0.828. The van der Waals surface area contributed by atoms with Crippen LogP contribution in [0.4, 0.5) is 0 Å². The highest BCUT2D eigenvalue weighted by molar-refractivity contribution is 5.72. The van der Waals surface area contributed by atoms with Gasteiger partial charge in [-0.25, -0.2) is 0 Å². The second-order valence-electron chi connectivity index (χ2n) is 6.49. The number of nitrogens with zero attached hydrogens (tertiary/aromatic N) is 1. The van der Waals surface area contributed by atoms with Crippen molar-refractivity contribution in [1.82, 2.24) is 4.90 Å². The van der Waals surface area contributed by atoms with E-state index < -0.39 is 11.9 Å². The number of ether oxygens (including phenoxy) is 2. The van der Waals surface area contributed by atoms with Crippen molar-refractivity contribution in [1.29, 1.82) is 0 Å². The Balaban J connectivity index is 1.81. The van der Waals surface area contributed by atoms with Crippen LogP contribution in [-0.4, -0.2) is 48.4 Å². The van der Waals surface area contributed by atoms with Crippen molar-refractivity contribution < 1.29 is 24.5 Å². The van der Waals surface area contributed by atoms with E-state index in [0.29, 0.717) is 31.1 Å². The predicted octanol–water partition coefficient (Wildman–Crippen LogP) is 2.71. The Bertz CT molecular complexity index is 792. The van der Waals surface area contributed by atoms with Crippen molar-refractivity contribution in [3.63, 3.8) is 0 Å². The molecule has 0 radical (unpaired) electrons. The van der Waals surface area contributed by atoms with Crippen LogP contribution in [0.1, 0.15) is 17.0 Å². The van der Waals surface area contributed by atoms with Gasteiger partial charge < -0.3 is 19.7 Å². The van der Waals surface area contributed by atoms with Crippen LogP contribution in [-0.2, 0) is 11.3 Å². The van der Waals surface area contributed by atoms with Crippen molar-refractivity contribution in [2.75, 3.05) is 27.3 Å². The van der Waals surface area contributed by atoms with E-state index in [4.69, 9.17) is 9.47 Å². The minimum absolute atomic E-state index is 0.0836. The minimum Gasteiger partial charge on any atom is -0.504 e. The highest BCUT2D eigenvalue weighted by atomic mass is 16.5. The number of aliphatic carboxylic acids is 1. The Kier molecular flexibility index (Phi) is 5.32. The van der Waals surface area contributed by atoms with E-state index in [1.54, 1.807) is 19.2 Å². The van der Waals surface area contributed by atoms with E-state index in [2.05, 4.69) is 4.90 Å². The summed E-state index contributed by atoms with van der Waals surface area (Å²) in [6.45, 7) is 1.63. The zero-order valence-electron chi connectivity index (χ0n) is 14.9. The van der Waals surface area contributed by atoms with Gasteiger partial charge in [-0.1, -0.05) is 24.3 Å². The van der Waals surface area contributed by atoms with Gasteiger partial charge >= 0.3 is 5.97 Å². The molecule has 6 nitrogen and oxygen atoms in total. The number of carboxylic acid groups (broad SMARTS) is 1. The van der Waals surface area contributed by atoms with E-state index in [1.165, 1.54) is 7.11 Å². The van der Waals surface area contributed by atoms with Crippen molar-refractivity contribution in [2.45, 2.75) is 12.5 Å². The number of hydrogen-bond acceptors (Lipinski definition) is 5. The van der Waals surface area contributed by atoms with Gasteiger partial charge in [0.25, 0.3) is 0 Å². The van der Waals surface area contributed by atoms with Crippen LogP contribution in [0, 0.1) is 5.92 Å². The fourth-order valence-electron chi connectivity index (χ4n) is 3.64. The van der Waals surface area contributed by atoms with Gasteiger partial charge in [0.1, 0.15) is 5.75 Å². The highest BCUT2D eigenvalue weighted by Gasteiger charge is 2.39. The maximum absolute atomic E-state index is 11.8. The summed E-state index contributed by atoms with van der Waals surface area (Å²) in [6, 6.07) is 12.8. The number of phenolic OH excluding ortho intramolecular Hbond substituents is 1. The van der Waals surface area contributed by atoms with E-state index in [1.807, 2.05) is 30.3 Å². The number of aromatic hydroxyl groups is 1. The third kappa shape index (κ3) is 3.60. The van der Waals surface area contributed by atoms with E-state index in [9.17, 15) is 15.0 Å². The molecule has 3 rings (SSSR count). The molecule has 0 aliphatic carbocycles. The first kappa shape index (κ1) is 18.1. The largest absolute Gasteiger partial charge is 0.504 e. The van der Waals surface area contributed by atoms with Gasteiger partial charge in [0.15, 0.2) is 11.5 Å². The number of carboxylic acids is 1. The summed E-state index contributed by atoms with van der Waals surface area (Å²) in [4.78, 5) is 13.9. The number of likely N-dealkylation sites (tertiary alicyclic amines) is 1. The van der Waals surface area contributed by atoms with Gasteiger partial charge in [0.2, 0.25) is 0 Å². The molecule has 1 aliphatic rings. The number of methoxy groups -OCH3 is 2. The molecule has 1 fully saturated rings. The van der Waals surface area contributed by atoms with Gasteiger partial charge in [-0.3, -0.25) is 9.69 Å². The molecule has 0 spiro atoms. The Morgan fingerprint density at radius 2 is 1.85 bits per heavy atom. The summed E-state index contributed by atoms with van der Waals surface area (Å²) in [7, 11) is 3.10. The molecule has 6 heteroatoms. The lowest BCUT2D eigenvalue weighted by Crippen LogP contribution is -2.23. The van der Waals surface area contributed by atoms with Crippen LogP contribution < -0.4 is 9.47 Å². The van der Waals surface area contributed by atoms with Gasteiger partial charge in [-0.15, -0.1) is 0 Å². The van der Waals surface area contributed by atoms with E-state index >= 15 is 0 Å². The summed E-state index contributed by atoms with van der Waals surface area (Å²) in [6.07, 6.45) is 0. The first-order chi connectivity index (χ1) is 12.5. The smallest absolute Gasteiger partial charge is 0.308 e. The molecule has 0 unspecified atom stereocenters. The van der Waals surface area contributed by atoms with E-state index in [0.717, 1.165) is 11.1 Å². The predicted molar refractivity (Wildman–Crippen MR) is 96.8 cm³/mol. The molecule has 2 aromatic carbocycles. The molecule has 2 atom stereocenters. The second kappa shape index (κ2) is 7.66. The fourth-order valence-corrected chi connectivity index (χ4v) is 3.64. The van der Waals surface area contributed by atoms with Crippen LogP contribution in [0.25, 0.3) is 0 Å². The molecule has 1 aliphatic heterocycles. The minimum atomic E-state index is -0.805. The Hall–Kier alpha value is -2.73. The first-order valence-corrected chi connectivity index (χ1v) is 8.47. The first-order valence-electron chi connectivity index (χ1n) is 8.47. The molecule has 0 amide bonds. The zero-order valence-corrected chi connectivity index (χ0v) is 14.9. The zero-order chi connectivity index (χ0) is 18.7. The van der Waals surface area contributed by atoms with Crippen molar-refractivity contribution in [3.05, 3.63) is 53.6 Å². The molecule has 26 heavy (non-hydrogen) atoms. The molecule has 2 aromatic rings. The SMILES string of the molecule is COc1ccc(CN2C[C@H](C(=O)O)[C@@H](c3ccccc3OC)C2)cc1O. The fraction of sp³-hybridized carbons (Fsp3) is 0.350. The topological polar surface area (TPSA) is 79.2 Å². The summed E-state index contributed by atoms with van der Waals surface area (Å²) in [5.41, 5.74) is 1.83. The molecule has 0 saturated carbocycles. The molecular weight excluding hydrogens is 334 g/mol. The van der Waals surface area contributed by atoms with Gasteiger partial charge in [0, 0.05) is 25.6 Å². The summed E-state index contributed by atoms with van der Waals surface area (Å²) >= 11 is 0. The van der Waals surface area contributed by atoms with Crippen molar-refractivity contribution in [2.24, 2.45) is 5.92 Å². The normalized spacial score (nSPS) is 20.1. The molecule has 2 N–H and O–H groups in total. The number of carbonyl (C=O) groups is 1. The second-order valence-corrected chi connectivity index (χ2v) is 6.49. The Labute approximate surface area is 152 Å². The van der Waals surface area contributed by atoms with Gasteiger partial charge in [-0.2, -0.15) is 0 Å². The van der Waals surface area contributed by atoms with Crippen LogP contribution >= 0.6 is 0 Å². The third-order valence-electron chi connectivity index (χ3n) is 4.90. The Morgan fingerprint density at radius 3 is 2.50 bits per heavy atom. The maximum atomic E-state index is 11.8. The van der Waals surface area contributed by atoms with Crippen molar-refractivity contribution >= 4 is 5.97 Å². The van der Waals surface area contributed by atoms with E-state index in [-0.39, 0.29) is 11.7 Å². The van der Waals surface area contributed by atoms with Crippen LogP contribution in [0.15, 0.2) is 42.5 Å². The molecule has 0 bridgehead atoms. The lowest BCUT2D eigenvalue weighted by atomic mass is 9.88. The lowest BCUT2D eigenvalue weighted by molar-refractivity contribution is -0.141.